The zero-order chi connectivity index (χ0) is 15.6. The average molecular weight is 353 g/mol. The molecule has 2 aromatic carbocycles. The van der Waals surface area contributed by atoms with Crippen molar-refractivity contribution in [2.75, 3.05) is 14.2 Å². The van der Waals surface area contributed by atoms with E-state index in [0.717, 1.165) is 33.8 Å². The molecule has 0 radical (unpaired) electrons. The Morgan fingerprint density at radius 1 is 0.952 bits per heavy atom. The summed E-state index contributed by atoms with van der Waals surface area (Å²) in [4.78, 5) is -0.135. The Labute approximate surface area is 133 Å². The van der Waals surface area contributed by atoms with Crippen molar-refractivity contribution in [3.63, 3.8) is 0 Å². The van der Waals surface area contributed by atoms with Crippen LogP contribution in [0.25, 0.3) is 0 Å². The van der Waals surface area contributed by atoms with Crippen LogP contribution in [0.4, 0.5) is 4.39 Å². The van der Waals surface area contributed by atoms with Crippen LogP contribution in [0, 0.1) is 19.7 Å². The second kappa shape index (κ2) is 6.48. The van der Waals surface area contributed by atoms with Gasteiger partial charge in [0.05, 0.1) is 24.6 Å². The van der Waals surface area contributed by atoms with Crippen molar-refractivity contribution >= 4 is 15.9 Å². The number of rotatable bonds is 4. The van der Waals surface area contributed by atoms with Crippen molar-refractivity contribution in [1.29, 1.82) is 0 Å². The molecule has 112 valence electrons. The topological polar surface area (TPSA) is 18.5 Å². The molecule has 4 heteroatoms. The van der Waals surface area contributed by atoms with Gasteiger partial charge in [-0.3, -0.25) is 0 Å². The summed E-state index contributed by atoms with van der Waals surface area (Å²) in [6, 6.07) is 8.74. The monoisotopic (exact) mass is 352 g/mol. The molecule has 0 aliphatic heterocycles. The first-order chi connectivity index (χ1) is 9.99. The van der Waals surface area contributed by atoms with Gasteiger partial charge in [-0.1, -0.05) is 22.0 Å². The fourth-order valence-corrected chi connectivity index (χ4v) is 3.77. The van der Waals surface area contributed by atoms with Crippen LogP contribution in [0.1, 0.15) is 27.1 Å². The molecule has 21 heavy (non-hydrogen) atoms. The van der Waals surface area contributed by atoms with Crippen LogP contribution in [-0.2, 0) is 0 Å². The molecule has 0 saturated heterocycles. The van der Waals surface area contributed by atoms with Gasteiger partial charge in [-0.15, -0.1) is 0 Å². The number of alkyl halides is 1. The summed E-state index contributed by atoms with van der Waals surface area (Å²) in [6.07, 6.45) is 0. The van der Waals surface area contributed by atoms with E-state index in [1.165, 1.54) is 0 Å². The Balaban J connectivity index is 2.62. The second-order valence-electron chi connectivity index (χ2n) is 4.89. The van der Waals surface area contributed by atoms with E-state index in [2.05, 4.69) is 15.9 Å². The molecule has 0 N–H and O–H groups in total. The van der Waals surface area contributed by atoms with Gasteiger partial charge in [-0.2, -0.15) is 0 Å². The number of halogens is 2. The summed E-state index contributed by atoms with van der Waals surface area (Å²) >= 11 is 3.72. The quantitative estimate of drug-likeness (QED) is 0.725. The molecule has 0 fully saturated rings. The highest BCUT2D eigenvalue weighted by atomic mass is 79.9. The van der Waals surface area contributed by atoms with E-state index in [1.54, 1.807) is 26.4 Å². The van der Waals surface area contributed by atoms with Crippen LogP contribution >= 0.6 is 15.9 Å². The highest BCUT2D eigenvalue weighted by Gasteiger charge is 2.23. The first-order valence-corrected chi connectivity index (χ1v) is 7.52. The van der Waals surface area contributed by atoms with Gasteiger partial charge in [-0.05, 0) is 54.8 Å². The molecule has 2 rings (SSSR count). The SMILES string of the molecule is COc1cccc(OC)c1C(Br)c1c(C)cc(F)cc1C. The Morgan fingerprint density at radius 2 is 1.43 bits per heavy atom. The van der Waals surface area contributed by atoms with Gasteiger partial charge in [0, 0.05) is 0 Å². The molecule has 0 bridgehead atoms. The lowest BCUT2D eigenvalue weighted by molar-refractivity contribution is 0.386. The molecule has 0 heterocycles. The first-order valence-electron chi connectivity index (χ1n) is 6.61. The lowest BCUT2D eigenvalue weighted by Crippen LogP contribution is -2.04. The van der Waals surface area contributed by atoms with Crippen molar-refractivity contribution in [3.05, 3.63) is 58.4 Å². The van der Waals surface area contributed by atoms with Gasteiger partial charge in [0.25, 0.3) is 0 Å². The highest BCUT2D eigenvalue weighted by Crippen LogP contribution is 2.44. The number of hydrogen-bond donors (Lipinski definition) is 0. The van der Waals surface area contributed by atoms with Crippen LogP contribution in [-0.4, -0.2) is 14.2 Å². The Hall–Kier alpha value is -1.55. The molecule has 2 nitrogen and oxygen atoms in total. The molecule has 1 unspecified atom stereocenters. The molecule has 2 aromatic rings. The number of aryl methyl sites for hydroxylation is 2. The first kappa shape index (κ1) is 15.8. The fraction of sp³-hybridized carbons (Fsp3) is 0.294. The Bertz CT molecular complexity index is 610. The van der Waals surface area contributed by atoms with Gasteiger partial charge < -0.3 is 9.47 Å². The van der Waals surface area contributed by atoms with Gasteiger partial charge in [-0.25, -0.2) is 4.39 Å². The molecular weight excluding hydrogens is 335 g/mol. The van der Waals surface area contributed by atoms with Crippen LogP contribution in [0.2, 0.25) is 0 Å². The van der Waals surface area contributed by atoms with Crippen molar-refractivity contribution < 1.29 is 13.9 Å². The predicted octanol–water partition coefficient (Wildman–Crippen LogP) is 4.94. The van der Waals surface area contributed by atoms with Crippen LogP contribution < -0.4 is 9.47 Å². The maximum atomic E-state index is 13.5. The summed E-state index contributed by atoms with van der Waals surface area (Å²) in [5.41, 5.74) is 3.71. The van der Waals surface area contributed by atoms with Crippen LogP contribution in [0.15, 0.2) is 30.3 Å². The van der Waals surface area contributed by atoms with E-state index in [1.807, 2.05) is 32.0 Å². The van der Waals surface area contributed by atoms with Crippen molar-refractivity contribution in [2.24, 2.45) is 0 Å². The largest absolute Gasteiger partial charge is 0.496 e. The molecule has 0 amide bonds. The summed E-state index contributed by atoms with van der Waals surface area (Å²) in [5, 5.41) is 0. The number of benzene rings is 2. The minimum absolute atomic E-state index is 0.135. The van der Waals surface area contributed by atoms with Crippen molar-refractivity contribution in [2.45, 2.75) is 18.7 Å². The third-order valence-electron chi connectivity index (χ3n) is 3.53. The third kappa shape index (κ3) is 3.05. The zero-order valence-electron chi connectivity index (χ0n) is 12.5. The number of methoxy groups -OCH3 is 2. The molecule has 0 saturated carbocycles. The molecule has 0 aliphatic rings. The maximum Gasteiger partial charge on any atom is 0.127 e. The minimum atomic E-state index is -0.222. The van der Waals surface area contributed by atoms with E-state index < -0.39 is 0 Å². The summed E-state index contributed by atoms with van der Waals surface area (Å²) < 4.78 is 24.4. The molecule has 0 aromatic heterocycles. The second-order valence-corrected chi connectivity index (χ2v) is 5.81. The van der Waals surface area contributed by atoms with E-state index in [-0.39, 0.29) is 10.6 Å². The number of ether oxygens (including phenoxy) is 2. The average Bonchev–Trinajstić information content (AvgIpc) is 2.44. The van der Waals surface area contributed by atoms with Crippen molar-refractivity contribution in [1.82, 2.24) is 0 Å². The normalized spacial score (nSPS) is 12.1. The third-order valence-corrected chi connectivity index (χ3v) is 4.45. The van der Waals surface area contributed by atoms with E-state index >= 15 is 0 Å². The van der Waals surface area contributed by atoms with Gasteiger partial charge in [0.2, 0.25) is 0 Å². The maximum absolute atomic E-state index is 13.5. The summed E-state index contributed by atoms with van der Waals surface area (Å²) in [7, 11) is 3.25. The summed E-state index contributed by atoms with van der Waals surface area (Å²) in [6.45, 7) is 3.81. The van der Waals surface area contributed by atoms with Crippen LogP contribution in [0.3, 0.4) is 0 Å². The fourth-order valence-electron chi connectivity index (χ4n) is 2.60. The molecule has 0 aliphatic carbocycles. The van der Waals surface area contributed by atoms with E-state index in [4.69, 9.17) is 9.47 Å². The molecule has 1 atom stereocenters. The lowest BCUT2D eigenvalue weighted by Gasteiger charge is -2.21. The van der Waals surface area contributed by atoms with Gasteiger partial charge in [0.1, 0.15) is 17.3 Å². The predicted molar refractivity (Wildman–Crippen MR) is 86.2 cm³/mol. The summed E-state index contributed by atoms with van der Waals surface area (Å²) in [5.74, 6) is 1.25. The zero-order valence-corrected chi connectivity index (χ0v) is 14.1. The number of hydrogen-bond acceptors (Lipinski definition) is 2. The van der Waals surface area contributed by atoms with Gasteiger partial charge in [0.15, 0.2) is 0 Å². The molecule has 0 spiro atoms. The Kier molecular flexibility index (Phi) is 4.88. The van der Waals surface area contributed by atoms with Gasteiger partial charge >= 0.3 is 0 Å². The lowest BCUT2D eigenvalue weighted by atomic mass is 9.95. The highest BCUT2D eigenvalue weighted by molar-refractivity contribution is 9.09. The Morgan fingerprint density at radius 3 is 1.86 bits per heavy atom. The minimum Gasteiger partial charge on any atom is -0.496 e. The smallest absolute Gasteiger partial charge is 0.127 e. The molecular formula is C17H18BrFO2. The van der Waals surface area contributed by atoms with E-state index in [9.17, 15) is 4.39 Å². The van der Waals surface area contributed by atoms with Crippen molar-refractivity contribution in [3.8, 4) is 11.5 Å². The van der Waals surface area contributed by atoms with E-state index in [0.29, 0.717) is 0 Å². The standard InChI is InChI=1S/C17H18BrFO2/c1-10-8-12(19)9-11(2)15(10)17(18)16-13(20-3)6-5-7-14(16)21-4/h5-9,17H,1-4H3. The van der Waals surface area contributed by atoms with Crippen LogP contribution in [0.5, 0.6) is 11.5 Å².